The van der Waals surface area contributed by atoms with Crippen LogP contribution in [-0.4, -0.2) is 0 Å². The van der Waals surface area contributed by atoms with Crippen molar-refractivity contribution in [2.24, 2.45) is 5.92 Å². The van der Waals surface area contributed by atoms with Crippen molar-refractivity contribution in [3.8, 4) is 0 Å². The lowest BCUT2D eigenvalue weighted by molar-refractivity contribution is 0.264. The van der Waals surface area contributed by atoms with Crippen molar-refractivity contribution in [2.75, 3.05) is 11.5 Å². The zero-order chi connectivity index (χ0) is 23.8. The minimum Gasteiger partial charge on any atom is -0.399 e. The first-order valence-electron chi connectivity index (χ1n) is 13.4. The molecule has 1 fully saturated rings. The fraction of sp³-hybridized carbons (Fsp3) is 0.438. The lowest BCUT2D eigenvalue weighted by atomic mass is 9.62. The molecule has 0 heterocycles. The summed E-state index contributed by atoms with van der Waals surface area (Å²) in [5.41, 5.74) is 19.5. The number of benzene rings is 3. The molecule has 0 radical (unpaired) electrons. The average molecular weight is 455 g/mol. The third kappa shape index (κ3) is 6.03. The Morgan fingerprint density at radius 2 is 1.15 bits per heavy atom. The van der Waals surface area contributed by atoms with Crippen molar-refractivity contribution in [3.05, 3.63) is 95.1 Å². The van der Waals surface area contributed by atoms with Gasteiger partial charge in [0.25, 0.3) is 0 Å². The molecular formula is C32H42N2. The van der Waals surface area contributed by atoms with Crippen molar-refractivity contribution in [2.45, 2.75) is 83.0 Å². The van der Waals surface area contributed by atoms with Crippen LogP contribution in [0.1, 0.15) is 87.0 Å². The summed E-state index contributed by atoms with van der Waals surface area (Å²) in [7, 11) is 0. The van der Waals surface area contributed by atoms with Gasteiger partial charge in [-0.2, -0.15) is 0 Å². The Labute approximate surface area is 206 Å². The molecule has 0 aromatic heterocycles. The number of rotatable bonds is 10. The first-order valence-corrected chi connectivity index (χ1v) is 13.4. The summed E-state index contributed by atoms with van der Waals surface area (Å²) in [6, 6.07) is 26.6. The zero-order valence-electron chi connectivity index (χ0n) is 20.9. The van der Waals surface area contributed by atoms with Gasteiger partial charge in [-0.15, -0.1) is 0 Å². The molecule has 0 atom stereocenters. The van der Waals surface area contributed by atoms with Crippen LogP contribution in [0.5, 0.6) is 0 Å². The molecule has 0 unspecified atom stereocenters. The van der Waals surface area contributed by atoms with Gasteiger partial charge in [0, 0.05) is 16.8 Å². The van der Waals surface area contributed by atoms with Crippen molar-refractivity contribution >= 4 is 11.4 Å². The third-order valence-electron chi connectivity index (χ3n) is 8.00. The van der Waals surface area contributed by atoms with Gasteiger partial charge in [0.05, 0.1) is 0 Å². The molecule has 3 aromatic carbocycles. The van der Waals surface area contributed by atoms with Gasteiger partial charge in [0.1, 0.15) is 0 Å². The van der Waals surface area contributed by atoms with E-state index in [9.17, 15) is 0 Å². The van der Waals surface area contributed by atoms with Gasteiger partial charge in [-0.25, -0.2) is 0 Å². The van der Waals surface area contributed by atoms with Crippen LogP contribution in [0.4, 0.5) is 11.4 Å². The minimum atomic E-state index is 0.0551. The Morgan fingerprint density at radius 3 is 1.68 bits per heavy atom. The summed E-state index contributed by atoms with van der Waals surface area (Å²) in [4.78, 5) is 0. The standard InChI is InChI=1S/C32H42N2/c1-2-3-4-5-6-7-25-8-10-26(11-9-25)24-27-20-22-32(23-21-27,28-12-16-30(33)17-13-28)29-14-18-31(34)19-15-29/h8-19,27H,2-7,20-24,33-34H2,1H3. The maximum Gasteiger partial charge on any atom is 0.0314 e. The molecule has 4 N–H and O–H groups in total. The molecular weight excluding hydrogens is 412 g/mol. The summed E-state index contributed by atoms with van der Waals surface area (Å²) < 4.78 is 0. The largest absolute Gasteiger partial charge is 0.399 e. The van der Waals surface area contributed by atoms with Crippen molar-refractivity contribution in [1.82, 2.24) is 0 Å². The molecule has 2 nitrogen and oxygen atoms in total. The maximum atomic E-state index is 6.01. The quantitative estimate of drug-likeness (QED) is 0.240. The Balaban J connectivity index is 1.39. The van der Waals surface area contributed by atoms with E-state index in [2.05, 4.69) is 55.5 Å². The van der Waals surface area contributed by atoms with E-state index in [4.69, 9.17) is 11.5 Å². The van der Waals surface area contributed by atoms with Crippen LogP contribution < -0.4 is 11.5 Å². The number of nitrogen functional groups attached to an aromatic ring is 2. The number of hydrogen-bond acceptors (Lipinski definition) is 2. The Bertz CT molecular complexity index is 947. The first kappa shape index (κ1) is 24.4. The highest BCUT2D eigenvalue weighted by Crippen LogP contribution is 2.47. The van der Waals surface area contributed by atoms with Gasteiger partial charge in [-0.05, 0) is 97.4 Å². The van der Waals surface area contributed by atoms with Crippen LogP contribution in [0, 0.1) is 5.92 Å². The molecule has 4 rings (SSSR count). The molecule has 1 aliphatic carbocycles. The van der Waals surface area contributed by atoms with Gasteiger partial charge < -0.3 is 11.5 Å². The number of hydrogen-bond donors (Lipinski definition) is 2. The number of aryl methyl sites for hydroxylation is 1. The van der Waals surface area contributed by atoms with E-state index in [0.717, 1.165) is 17.3 Å². The monoisotopic (exact) mass is 454 g/mol. The number of anilines is 2. The van der Waals surface area contributed by atoms with Crippen LogP contribution >= 0.6 is 0 Å². The fourth-order valence-electron chi connectivity index (χ4n) is 5.83. The van der Waals surface area contributed by atoms with Crippen molar-refractivity contribution in [1.29, 1.82) is 0 Å². The smallest absolute Gasteiger partial charge is 0.0314 e. The molecule has 0 saturated heterocycles. The second-order valence-corrected chi connectivity index (χ2v) is 10.5. The lowest BCUT2D eigenvalue weighted by Gasteiger charge is -2.41. The van der Waals surface area contributed by atoms with E-state index in [1.165, 1.54) is 92.9 Å². The van der Waals surface area contributed by atoms with E-state index in [-0.39, 0.29) is 5.41 Å². The first-order chi connectivity index (χ1) is 16.6. The highest BCUT2D eigenvalue weighted by atomic mass is 14.5. The molecule has 0 spiro atoms. The molecule has 3 aromatic rings. The molecule has 1 aliphatic rings. The topological polar surface area (TPSA) is 52.0 Å². The second kappa shape index (κ2) is 11.6. The van der Waals surface area contributed by atoms with E-state index in [1.807, 2.05) is 24.3 Å². The molecule has 1 saturated carbocycles. The molecule has 180 valence electrons. The normalized spacial score (nSPS) is 15.9. The van der Waals surface area contributed by atoms with Gasteiger partial charge in [-0.3, -0.25) is 0 Å². The number of unbranched alkanes of at least 4 members (excludes halogenated alkanes) is 4. The third-order valence-corrected chi connectivity index (χ3v) is 8.00. The molecule has 0 amide bonds. The van der Waals surface area contributed by atoms with Crippen molar-refractivity contribution in [3.63, 3.8) is 0 Å². The summed E-state index contributed by atoms with van der Waals surface area (Å²) in [6.45, 7) is 2.28. The molecule has 0 aliphatic heterocycles. The molecule has 2 heteroatoms. The summed E-state index contributed by atoms with van der Waals surface area (Å²) >= 11 is 0. The summed E-state index contributed by atoms with van der Waals surface area (Å²) in [5, 5.41) is 0. The summed E-state index contributed by atoms with van der Waals surface area (Å²) in [6.07, 6.45) is 14.0. The fourth-order valence-corrected chi connectivity index (χ4v) is 5.83. The minimum absolute atomic E-state index is 0.0551. The van der Waals surface area contributed by atoms with E-state index in [1.54, 1.807) is 0 Å². The maximum absolute atomic E-state index is 6.01. The van der Waals surface area contributed by atoms with Gasteiger partial charge >= 0.3 is 0 Å². The van der Waals surface area contributed by atoms with Crippen LogP contribution in [0.2, 0.25) is 0 Å². The highest BCUT2D eigenvalue weighted by molar-refractivity contribution is 5.49. The summed E-state index contributed by atoms with van der Waals surface area (Å²) in [5.74, 6) is 0.746. The van der Waals surface area contributed by atoms with Gasteiger partial charge in [0.15, 0.2) is 0 Å². The van der Waals surface area contributed by atoms with Crippen LogP contribution in [0.15, 0.2) is 72.8 Å². The van der Waals surface area contributed by atoms with Crippen molar-refractivity contribution < 1.29 is 0 Å². The average Bonchev–Trinajstić information content (AvgIpc) is 2.86. The van der Waals surface area contributed by atoms with Crippen LogP contribution in [0.25, 0.3) is 0 Å². The van der Waals surface area contributed by atoms with Gasteiger partial charge in [0.2, 0.25) is 0 Å². The molecule has 34 heavy (non-hydrogen) atoms. The second-order valence-electron chi connectivity index (χ2n) is 10.5. The lowest BCUT2D eigenvalue weighted by Crippen LogP contribution is -2.33. The SMILES string of the molecule is CCCCCCCc1ccc(CC2CCC(c3ccc(N)cc3)(c3ccc(N)cc3)CC2)cc1. The zero-order valence-corrected chi connectivity index (χ0v) is 20.9. The van der Waals surface area contributed by atoms with Gasteiger partial charge in [-0.1, -0.05) is 81.1 Å². The number of nitrogens with two attached hydrogens (primary N) is 2. The Hall–Kier alpha value is -2.74. The Morgan fingerprint density at radius 1 is 0.647 bits per heavy atom. The van der Waals surface area contributed by atoms with E-state index in [0.29, 0.717) is 0 Å². The van der Waals surface area contributed by atoms with E-state index >= 15 is 0 Å². The predicted molar refractivity (Wildman–Crippen MR) is 147 cm³/mol. The van der Waals surface area contributed by atoms with Crippen LogP contribution in [0.3, 0.4) is 0 Å². The van der Waals surface area contributed by atoms with E-state index < -0.39 is 0 Å². The predicted octanol–water partition coefficient (Wildman–Crippen LogP) is 8.08. The van der Waals surface area contributed by atoms with Crippen LogP contribution in [-0.2, 0) is 18.3 Å². The molecule has 0 bridgehead atoms. The highest BCUT2D eigenvalue weighted by Gasteiger charge is 2.38. The Kier molecular flexibility index (Phi) is 8.32.